The Labute approximate surface area is 186 Å². The van der Waals surface area contributed by atoms with Crippen LogP contribution < -0.4 is 14.8 Å². The zero-order chi connectivity index (χ0) is 21.9. The third-order valence-corrected chi connectivity index (χ3v) is 5.97. The molecule has 0 spiro atoms. The van der Waals surface area contributed by atoms with Crippen LogP contribution in [-0.4, -0.2) is 43.7 Å². The van der Waals surface area contributed by atoms with Gasteiger partial charge in [0, 0.05) is 5.92 Å². The monoisotopic (exact) mass is 431 g/mol. The molecular weight excluding hydrogens is 406 g/mol. The summed E-state index contributed by atoms with van der Waals surface area (Å²) in [5.74, 6) is 1.40. The lowest BCUT2D eigenvalue weighted by Crippen LogP contribution is -2.39. The van der Waals surface area contributed by atoms with Crippen molar-refractivity contribution in [2.24, 2.45) is 0 Å². The first-order chi connectivity index (χ1) is 15.7. The lowest BCUT2D eigenvalue weighted by molar-refractivity contribution is 0.132. The number of rotatable bonds is 6. The van der Waals surface area contributed by atoms with Crippen LogP contribution in [0.2, 0.25) is 0 Å². The fourth-order valence-electron chi connectivity index (χ4n) is 4.47. The van der Waals surface area contributed by atoms with E-state index < -0.39 is 12.1 Å². The van der Waals surface area contributed by atoms with Crippen molar-refractivity contribution in [2.45, 2.75) is 18.4 Å². The first-order valence-corrected chi connectivity index (χ1v) is 10.8. The fourth-order valence-corrected chi connectivity index (χ4v) is 4.47. The average molecular weight is 431 g/mol. The van der Waals surface area contributed by atoms with Gasteiger partial charge in [0.2, 0.25) is 0 Å². The van der Waals surface area contributed by atoms with Gasteiger partial charge in [0.15, 0.2) is 11.5 Å². The summed E-state index contributed by atoms with van der Waals surface area (Å²) in [6.45, 7) is 1.09. The highest BCUT2D eigenvalue weighted by Gasteiger charge is 2.29. The Kier molecular flexibility index (Phi) is 5.69. The maximum absolute atomic E-state index is 12.5. The summed E-state index contributed by atoms with van der Waals surface area (Å²) in [6, 6.07) is 21.6. The Balaban J connectivity index is 1.22. The van der Waals surface area contributed by atoms with Crippen molar-refractivity contribution < 1.29 is 24.1 Å². The molecule has 3 aromatic rings. The van der Waals surface area contributed by atoms with Crippen LogP contribution in [0.5, 0.6) is 11.5 Å². The van der Waals surface area contributed by atoms with E-state index in [1.807, 2.05) is 42.5 Å². The van der Waals surface area contributed by atoms with Crippen molar-refractivity contribution in [3.8, 4) is 22.6 Å². The van der Waals surface area contributed by atoms with E-state index in [4.69, 9.17) is 14.2 Å². The van der Waals surface area contributed by atoms with Gasteiger partial charge < -0.3 is 24.6 Å². The highest BCUT2D eigenvalue weighted by molar-refractivity contribution is 5.79. The van der Waals surface area contributed by atoms with Crippen molar-refractivity contribution in [1.29, 1.82) is 0 Å². The molecule has 1 heterocycles. The fraction of sp³-hybridized carbons (Fsp3) is 0.269. The number of aliphatic hydroxyl groups excluding tert-OH is 1. The molecule has 0 saturated heterocycles. The molecule has 2 aliphatic rings. The molecule has 6 nitrogen and oxygen atoms in total. The van der Waals surface area contributed by atoms with Gasteiger partial charge in [-0.15, -0.1) is 0 Å². The Hall–Kier alpha value is -3.51. The molecule has 2 N–H and O–H groups in total. The average Bonchev–Trinajstić information content (AvgIpc) is 3.16. The van der Waals surface area contributed by atoms with Crippen LogP contribution in [0, 0.1) is 0 Å². The van der Waals surface area contributed by atoms with Gasteiger partial charge in [0.05, 0.1) is 12.6 Å². The molecular formula is C26H25NO5. The number of carbonyl (C=O) groups is 1. The maximum atomic E-state index is 12.5. The van der Waals surface area contributed by atoms with Crippen LogP contribution in [0.25, 0.3) is 11.1 Å². The van der Waals surface area contributed by atoms with Crippen LogP contribution in [0.3, 0.4) is 0 Å². The highest BCUT2D eigenvalue weighted by atomic mass is 16.6. The first kappa shape index (κ1) is 20.4. The summed E-state index contributed by atoms with van der Waals surface area (Å²) in [5, 5.41) is 12.6. The molecule has 5 rings (SSSR count). The summed E-state index contributed by atoms with van der Waals surface area (Å²) in [7, 11) is 0. The zero-order valence-corrected chi connectivity index (χ0v) is 17.6. The van der Waals surface area contributed by atoms with Gasteiger partial charge in [-0.2, -0.15) is 0 Å². The summed E-state index contributed by atoms with van der Waals surface area (Å²) in [6.07, 6.45) is -0.0828. The van der Waals surface area contributed by atoms with Crippen molar-refractivity contribution in [3.05, 3.63) is 83.4 Å². The molecule has 6 heteroatoms. The molecule has 3 aromatic carbocycles. The van der Waals surface area contributed by atoms with Gasteiger partial charge in [-0.25, -0.2) is 4.79 Å². The Morgan fingerprint density at radius 2 is 1.62 bits per heavy atom. The van der Waals surface area contributed by atoms with Gasteiger partial charge in [0.25, 0.3) is 0 Å². The molecule has 0 radical (unpaired) electrons. The lowest BCUT2D eigenvalue weighted by atomic mass is 9.98. The van der Waals surface area contributed by atoms with Crippen molar-refractivity contribution in [1.82, 2.24) is 5.32 Å². The Morgan fingerprint density at radius 3 is 2.31 bits per heavy atom. The molecule has 164 valence electrons. The predicted molar refractivity (Wildman–Crippen MR) is 120 cm³/mol. The molecule has 1 amide bonds. The van der Waals surface area contributed by atoms with Gasteiger partial charge >= 0.3 is 6.09 Å². The van der Waals surface area contributed by atoms with Crippen LogP contribution in [-0.2, 0) is 11.2 Å². The van der Waals surface area contributed by atoms with Gasteiger partial charge in [-0.3, -0.25) is 0 Å². The largest absolute Gasteiger partial charge is 0.486 e. The van der Waals surface area contributed by atoms with E-state index in [-0.39, 0.29) is 19.1 Å². The molecule has 0 fully saturated rings. The SMILES string of the molecule is O=C(N[C@H](CO)Cc1ccc2c(c1)OCCO2)OCC1c2ccccc2-c2ccccc21. The maximum Gasteiger partial charge on any atom is 0.407 e. The van der Waals surface area contributed by atoms with E-state index >= 15 is 0 Å². The number of aliphatic hydroxyl groups is 1. The molecule has 0 unspecified atom stereocenters. The van der Waals surface area contributed by atoms with E-state index in [1.165, 1.54) is 11.1 Å². The standard InChI is InChI=1S/C26H25NO5/c28-15-18(13-17-9-10-24-25(14-17)31-12-11-30-24)27-26(29)32-16-23-21-7-3-1-5-19(21)20-6-2-4-8-22(20)23/h1-10,14,18,23,28H,11-13,15-16H2,(H,27,29)/t18-/m0/s1. The molecule has 0 aromatic heterocycles. The molecule has 1 atom stereocenters. The quantitative estimate of drug-likeness (QED) is 0.619. The van der Waals surface area contributed by atoms with E-state index in [9.17, 15) is 9.90 Å². The minimum Gasteiger partial charge on any atom is -0.486 e. The third-order valence-electron chi connectivity index (χ3n) is 5.97. The molecule has 32 heavy (non-hydrogen) atoms. The number of ether oxygens (including phenoxy) is 3. The van der Waals surface area contributed by atoms with Gasteiger partial charge in [0.1, 0.15) is 19.8 Å². The van der Waals surface area contributed by atoms with Crippen LogP contribution in [0.1, 0.15) is 22.6 Å². The number of hydrogen-bond donors (Lipinski definition) is 2. The molecule has 1 aliphatic heterocycles. The first-order valence-electron chi connectivity index (χ1n) is 10.8. The minimum atomic E-state index is -0.538. The highest BCUT2D eigenvalue weighted by Crippen LogP contribution is 2.44. The minimum absolute atomic E-state index is 0.00137. The van der Waals surface area contributed by atoms with E-state index in [0.29, 0.717) is 31.1 Å². The molecule has 0 saturated carbocycles. The van der Waals surface area contributed by atoms with E-state index in [1.54, 1.807) is 0 Å². The Bertz CT molecular complexity index is 1080. The number of nitrogens with one attached hydrogen (secondary N) is 1. The topological polar surface area (TPSA) is 77.0 Å². The van der Waals surface area contributed by atoms with Gasteiger partial charge in [-0.05, 0) is 46.4 Å². The van der Waals surface area contributed by atoms with Gasteiger partial charge in [-0.1, -0.05) is 54.6 Å². The Morgan fingerprint density at radius 1 is 0.969 bits per heavy atom. The van der Waals surface area contributed by atoms with Crippen molar-refractivity contribution in [2.75, 3.05) is 26.4 Å². The number of benzene rings is 3. The number of hydrogen-bond acceptors (Lipinski definition) is 5. The predicted octanol–water partition coefficient (Wildman–Crippen LogP) is 3.90. The zero-order valence-electron chi connectivity index (χ0n) is 17.6. The number of alkyl carbamates (subject to hydrolysis) is 1. The van der Waals surface area contributed by atoms with E-state index in [2.05, 4.69) is 29.6 Å². The normalized spacial score (nSPS) is 14.9. The summed E-state index contributed by atoms with van der Waals surface area (Å²) < 4.78 is 16.7. The summed E-state index contributed by atoms with van der Waals surface area (Å²) in [4.78, 5) is 12.5. The van der Waals surface area contributed by atoms with Crippen molar-refractivity contribution in [3.63, 3.8) is 0 Å². The number of carbonyl (C=O) groups excluding carboxylic acids is 1. The molecule has 0 bridgehead atoms. The molecule has 1 aliphatic carbocycles. The smallest absolute Gasteiger partial charge is 0.407 e. The summed E-state index contributed by atoms with van der Waals surface area (Å²) >= 11 is 0. The second-order valence-electron chi connectivity index (χ2n) is 8.03. The second kappa shape index (κ2) is 8.93. The second-order valence-corrected chi connectivity index (χ2v) is 8.03. The third kappa shape index (κ3) is 4.01. The lowest BCUT2D eigenvalue weighted by Gasteiger charge is -2.21. The number of amides is 1. The summed E-state index contributed by atoms with van der Waals surface area (Å²) in [5.41, 5.74) is 5.63. The van der Waals surface area contributed by atoms with Crippen molar-refractivity contribution >= 4 is 6.09 Å². The van der Waals surface area contributed by atoms with Crippen LogP contribution in [0.15, 0.2) is 66.7 Å². The number of fused-ring (bicyclic) bond motifs is 4. The van der Waals surface area contributed by atoms with Crippen LogP contribution in [0.4, 0.5) is 4.79 Å². The van der Waals surface area contributed by atoms with E-state index in [0.717, 1.165) is 16.7 Å². The van der Waals surface area contributed by atoms with Crippen LogP contribution >= 0.6 is 0 Å².